The van der Waals surface area contributed by atoms with Crippen LogP contribution in [0.25, 0.3) is 0 Å². The fourth-order valence-electron chi connectivity index (χ4n) is 3.54. The molecule has 5 heteroatoms. The minimum absolute atomic E-state index is 0.206. The van der Waals surface area contributed by atoms with Gasteiger partial charge in [0.2, 0.25) is 0 Å². The SMILES string of the molecule is CCCCCCCCCCCCCCOC(=O)C(CC(C)C)NC(=O)c1ccco1. The molecule has 0 aromatic carbocycles. The zero-order valence-electron chi connectivity index (χ0n) is 19.4. The molecule has 172 valence electrons. The summed E-state index contributed by atoms with van der Waals surface area (Å²) in [5.41, 5.74) is 0. The average molecular weight is 422 g/mol. The maximum Gasteiger partial charge on any atom is 0.328 e. The molecule has 1 N–H and O–H groups in total. The quantitative estimate of drug-likeness (QED) is 0.212. The Morgan fingerprint density at radius 1 is 0.933 bits per heavy atom. The normalized spacial score (nSPS) is 12.1. The molecular formula is C25H43NO4. The highest BCUT2D eigenvalue weighted by Crippen LogP contribution is 2.13. The molecule has 0 aliphatic heterocycles. The number of ether oxygens (including phenoxy) is 1. The number of carbonyl (C=O) groups excluding carboxylic acids is 2. The fraction of sp³-hybridized carbons (Fsp3) is 0.760. The molecule has 0 fully saturated rings. The number of furan rings is 1. The largest absolute Gasteiger partial charge is 0.464 e. The van der Waals surface area contributed by atoms with Gasteiger partial charge >= 0.3 is 5.97 Å². The molecule has 0 spiro atoms. The summed E-state index contributed by atoms with van der Waals surface area (Å²) in [5.74, 6) is -0.261. The Bertz CT molecular complexity index is 554. The molecule has 0 bridgehead atoms. The van der Waals surface area contributed by atoms with Crippen molar-refractivity contribution in [3.8, 4) is 0 Å². The van der Waals surface area contributed by atoms with E-state index in [2.05, 4.69) is 12.2 Å². The predicted molar refractivity (Wildman–Crippen MR) is 121 cm³/mol. The van der Waals surface area contributed by atoms with E-state index in [0.29, 0.717) is 13.0 Å². The first-order valence-corrected chi connectivity index (χ1v) is 12.1. The summed E-state index contributed by atoms with van der Waals surface area (Å²) >= 11 is 0. The summed E-state index contributed by atoms with van der Waals surface area (Å²) in [6.07, 6.45) is 17.3. The van der Waals surface area contributed by atoms with Gasteiger partial charge in [0.25, 0.3) is 5.91 Å². The Morgan fingerprint density at radius 3 is 2.00 bits per heavy atom. The Morgan fingerprint density at radius 2 is 1.50 bits per heavy atom. The van der Waals surface area contributed by atoms with Gasteiger partial charge in [0.05, 0.1) is 12.9 Å². The van der Waals surface area contributed by atoms with E-state index in [4.69, 9.17) is 9.15 Å². The van der Waals surface area contributed by atoms with Crippen LogP contribution in [0.5, 0.6) is 0 Å². The van der Waals surface area contributed by atoms with Crippen LogP contribution in [-0.4, -0.2) is 24.5 Å². The third kappa shape index (κ3) is 12.7. The number of unbranched alkanes of at least 4 members (excludes halogenated alkanes) is 11. The van der Waals surface area contributed by atoms with Gasteiger partial charge in [0, 0.05) is 0 Å². The second kappa shape index (κ2) is 17.0. The molecule has 1 amide bonds. The first-order valence-electron chi connectivity index (χ1n) is 12.1. The first-order chi connectivity index (χ1) is 14.5. The van der Waals surface area contributed by atoms with Crippen molar-refractivity contribution >= 4 is 11.9 Å². The lowest BCUT2D eigenvalue weighted by Crippen LogP contribution is -2.42. The maximum absolute atomic E-state index is 12.4. The van der Waals surface area contributed by atoms with Crippen LogP contribution in [0.15, 0.2) is 22.8 Å². The van der Waals surface area contributed by atoms with Gasteiger partial charge in [0.1, 0.15) is 6.04 Å². The molecule has 1 atom stereocenters. The minimum atomic E-state index is -0.639. The highest BCUT2D eigenvalue weighted by molar-refractivity contribution is 5.94. The third-order valence-electron chi connectivity index (χ3n) is 5.28. The zero-order valence-corrected chi connectivity index (χ0v) is 19.4. The summed E-state index contributed by atoms with van der Waals surface area (Å²) in [5, 5.41) is 2.74. The zero-order chi connectivity index (χ0) is 22.0. The van der Waals surface area contributed by atoms with Crippen LogP contribution in [0.2, 0.25) is 0 Å². The van der Waals surface area contributed by atoms with Gasteiger partial charge in [-0.3, -0.25) is 4.79 Å². The van der Waals surface area contributed by atoms with Crippen LogP contribution >= 0.6 is 0 Å². The van der Waals surface area contributed by atoms with Gasteiger partial charge in [-0.15, -0.1) is 0 Å². The summed E-state index contributed by atoms with van der Waals surface area (Å²) in [6, 6.07) is 2.60. The molecule has 0 aliphatic carbocycles. The number of amides is 1. The molecular weight excluding hydrogens is 378 g/mol. The highest BCUT2D eigenvalue weighted by atomic mass is 16.5. The number of nitrogens with one attached hydrogen (secondary N) is 1. The van der Waals surface area contributed by atoms with E-state index in [1.165, 1.54) is 70.5 Å². The first kappa shape index (κ1) is 26.3. The van der Waals surface area contributed by atoms with Crippen molar-refractivity contribution in [2.45, 2.75) is 110 Å². The highest BCUT2D eigenvalue weighted by Gasteiger charge is 2.24. The van der Waals surface area contributed by atoms with Crippen molar-refractivity contribution in [1.29, 1.82) is 0 Å². The van der Waals surface area contributed by atoms with E-state index in [1.54, 1.807) is 12.1 Å². The summed E-state index contributed by atoms with van der Waals surface area (Å²) in [6.45, 7) is 6.71. The standard InChI is InChI=1S/C25H43NO4/c1-4-5-6-7-8-9-10-11-12-13-14-15-18-30-25(28)22(20-21(2)3)26-24(27)23-17-16-19-29-23/h16-17,19,21-22H,4-15,18,20H2,1-3H3,(H,26,27). The Kier molecular flexibility index (Phi) is 14.8. The third-order valence-corrected chi connectivity index (χ3v) is 5.28. The Balaban J connectivity index is 2.10. The number of hydrogen-bond acceptors (Lipinski definition) is 4. The van der Waals surface area contributed by atoms with Gasteiger partial charge in [-0.05, 0) is 30.9 Å². The van der Waals surface area contributed by atoms with E-state index in [-0.39, 0.29) is 23.6 Å². The van der Waals surface area contributed by atoms with Crippen molar-refractivity contribution in [1.82, 2.24) is 5.32 Å². The second-order valence-corrected chi connectivity index (χ2v) is 8.69. The van der Waals surface area contributed by atoms with Crippen LogP contribution in [0, 0.1) is 5.92 Å². The van der Waals surface area contributed by atoms with Crippen LogP contribution in [0.3, 0.4) is 0 Å². The van der Waals surface area contributed by atoms with Gasteiger partial charge in [-0.25, -0.2) is 4.79 Å². The van der Waals surface area contributed by atoms with Crippen molar-refractivity contribution in [2.24, 2.45) is 5.92 Å². The number of rotatable bonds is 18. The Labute approximate surface area is 183 Å². The molecule has 1 aromatic heterocycles. The molecule has 0 radical (unpaired) electrons. The maximum atomic E-state index is 12.4. The van der Waals surface area contributed by atoms with E-state index in [1.807, 2.05) is 13.8 Å². The van der Waals surface area contributed by atoms with Crippen LogP contribution < -0.4 is 5.32 Å². The van der Waals surface area contributed by atoms with Crippen molar-refractivity contribution < 1.29 is 18.7 Å². The van der Waals surface area contributed by atoms with E-state index < -0.39 is 6.04 Å². The van der Waals surface area contributed by atoms with Gasteiger partial charge in [0.15, 0.2) is 5.76 Å². The molecule has 1 aromatic rings. The van der Waals surface area contributed by atoms with Crippen LogP contribution in [0.4, 0.5) is 0 Å². The summed E-state index contributed by atoms with van der Waals surface area (Å²) in [4.78, 5) is 24.6. The van der Waals surface area contributed by atoms with Crippen LogP contribution in [-0.2, 0) is 9.53 Å². The molecule has 0 saturated carbocycles. The van der Waals surface area contributed by atoms with E-state index >= 15 is 0 Å². The lowest BCUT2D eigenvalue weighted by Gasteiger charge is -2.19. The number of carbonyl (C=O) groups is 2. The summed E-state index contributed by atoms with van der Waals surface area (Å²) < 4.78 is 10.5. The molecule has 1 heterocycles. The van der Waals surface area contributed by atoms with E-state index in [9.17, 15) is 9.59 Å². The van der Waals surface area contributed by atoms with Gasteiger partial charge < -0.3 is 14.5 Å². The molecule has 30 heavy (non-hydrogen) atoms. The van der Waals surface area contributed by atoms with Crippen LogP contribution in [0.1, 0.15) is 115 Å². The smallest absolute Gasteiger partial charge is 0.328 e. The van der Waals surface area contributed by atoms with Gasteiger partial charge in [-0.2, -0.15) is 0 Å². The van der Waals surface area contributed by atoms with Crippen molar-refractivity contribution in [3.63, 3.8) is 0 Å². The summed E-state index contributed by atoms with van der Waals surface area (Å²) in [7, 11) is 0. The average Bonchev–Trinajstić information content (AvgIpc) is 3.25. The molecule has 1 unspecified atom stereocenters. The molecule has 0 saturated heterocycles. The molecule has 5 nitrogen and oxygen atoms in total. The topological polar surface area (TPSA) is 68.5 Å². The number of hydrogen-bond donors (Lipinski definition) is 1. The monoisotopic (exact) mass is 421 g/mol. The van der Waals surface area contributed by atoms with E-state index in [0.717, 1.165) is 12.8 Å². The Hall–Kier alpha value is -1.78. The number of esters is 1. The minimum Gasteiger partial charge on any atom is -0.464 e. The molecule has 0 aliphatic rings. The van der Waals surface area contributed by atoms with Crippen molar-refractivity contribution in [2.75, 3.05) is 6.61 Å². The second-order valence-electron chi connectivity index (χ2n) is 8.69. The fourth-order valence-corrected chi connectivity index (χ4v) is 3.54. The molecule has 1 rings (SSSR count). The predicted octanol–water partition coefficient (Wildman–Crippen LogP) is 6.67. The van der Waals surface area contributed by atoms with Gasteiger partial charge in [-0.1, -0.05) is 91.4 Å². The lowest BCUT2D eigenvalue weighted by molar-refractivity contribution is -0.146. The lowest BCUT2D eigenvalue weighted by atomic mass is 10.0. The van der Waals surface area contributed by atoms with Crippen molar-refractivity contribution in [3.05, 3.63) is 24.2 Å².